The average molecular weight is 297 g/mol. The number of rotatable bonds is 3. The predicted molar refractivity (Wildman–Crippen MR) is 104 cm³/mol. The highest BCUT2D eigenvalue weighted by Gasteiger charge is 2.03. The fraction of sp³-hybridized carbons (Fsp3) is 0.714. The van der Waals surface area contributed by atoms with Gasteiger partial charge in [-0.1, -0.05) is 99.4 Å². The highest BCUT2D eigenvalue weighted by Crippen LogP contribution is 2.16. The van der Waals surface area contributed by atoms with Crippen LogP contribution in [0, 0.1) is 19.8 Å². The minimum atomic E-state index is 0.807. The summed E-state index contributed by atoms with van der Waals surface area (Å²) in [6, 6.07) is 6.76. The molecule has 0 bridgehead atoms. The Labute approximate surface area is 137 Å². The van der Waals surface area contributed by atoms with Gasteiger partial charge in [0.25, 0.3) is 0 Å². The molecule has 0 aliphatic rings. The lowest BCUT2D eigenvalue weighted by Crippen LogP contribution is -1.99. The monoisotopic (exact) mass is 296 g/mol. The summed E-state index contributed by atoms with van der Waals surface area (Å²) in [6.07, 6.45) is 2.50. The van der Waals surface area contributed by atoms with Gasteiger partial charge in [-0.15, -0.1) is 0 Å². The SMILES string of the molecule is CC.CC.CC.CC.CC[C@@H](C)Cc1ccc(C)cc1C. The molecule has 0 heterocycles. The maximum atomic E-state index is 2.32. The molecule has 0 radical (unpaired) electrons. The molecule has 1 aromatic rings. The molecule has 0 nitrogen and oxygen atoms in total. The molecule has 1 aromatic carbocycles. The summed E-state index contributed by atoms with van der Waals surface area (Å²) < 4.78 is 0. The van der Waals surface area contributed by atoms with E-state index in [9.17, 15) is 0 Å². The van der Waals surface area contributed by atoms with Crippen molar-refractivity contribution in [3.05, 3.63) is 34.9 Å². The molecule has 0 saturated carbocycles. The van der Waals surface area contributed by atoms with Crippen molar-refractivity contribution in [2.24, 2.45) is 5.92 Å². The molecule has 0 heteroatoms. The summed E-state index contributed by atoms with van der Waals surface area (Å²) in [7, 11) is 0. The largest absolute Gasteiger partial charge is 0.0683 e. The Kier molecular flexibility index (Phi) is 32.8. The van der Waals surface area contributed by atoms with E-state index in [0.29, 0.717) is 0 Å². The van der Waals surface area contributed by atoms with Crippen molar-refractivity contribution in [3.63, 3.8) is 0 Å². The molecule has 128 valence electrons. The molecule has 0 unspecified atom stereocenters. The molecule has 0 aromatic heterocycles. The Morgan fingerprint density at radius 3 is 1.57 bits per heavy atom. The highest BCUT2D eigenvalue weighted by atomic mass is 14.1. The van der Waals surface area contributed by atoms with Gasteiger partial charge in [0.15, 0.2) is 0 Å². The van der Waals surface area contributed by atoms with E-state index in [4.69, 9.17) is 0 Å². The summed E-state index contributed by atoms with van der Waals surface area (Å²) >= 11 is 0. The van der Waals surface area contributed by atoms with Gasteiger partial charge in [-0.05, 0) is 37.3 Å². The number of benzene rings is 1. The summed E-state index contributed by atoms with van der Waals surface area (Å²) in [6.45, 7) is 24.9. The molecule has 0 spiro atoms. The molecule has 0 saturated heterocycles. The smallest absolute Gasteiger partial charge is 0.0250 e. The molecule has 0 N–H and O–H groups in total. The predicted octanol–water partition coefficient (Wildman–Crippen LogP) is 8.00. The van der Waals surface area contributed by atoms with E-state index in [1.165, 1.54) is 29.5 Å². The zero-order valence-electron chi connectivity index (χ0n) is 17.2. The zero-order chi connectivity index (χ0) is 17.8. The molecule has 0 aliphatic heterocycles. The van der Waals surface area contributed by atoms with Crippen molar-refractivity contribution in [2.45, 2.75) is 95.9 Å². The van der Waals surface area contributed by atoms with E-state index < -0.39 is 0 Å². The summed E-state index contributed by atoms with van der Waals surface area (Å²) in [5, 5.41) is 0. The van der Waals surface area contributed by atoms with Crippen LogP contribution >= 0.6 is 0 Å². The van der Waals surface area contributed by atoms with Gasteiger partial charge < -0.3 is 0 Å². The first-order valence-corrected chi connectivity index (χ1v) is 9.19. The van der Waals surface area contributed by atoms with Crippen molar-refractivity contribution in [1.29, 1.82) is 0 Å². The lowest BCUT2D eigenvalue weighted by atomic mass is 9.95. The summed E-state index contributed by atoms with van der Waals surface area (Å²) in [5.74, 6) is 0.807. The molecule has 1 rings (SSSR count). The first kappa shape index (κ1) is 28.4. The van der Waals surface area contributed by atoms with E-state index in [-0.39, 0.29) is 0 Å². The Morgan fingerprint density at radius 2 is 1.24 bits per heavy atom. The van der Waals surface area contributed by atoms with Crippen LogP contribution in [0.15, 0.2) is 18.2 Å². The van der Waals surface area contributed by atoms with Crippen molar-refractivity contribution in [3.8, 4) is 0 Å². The number of hydrogen-bond acceptors (Lipinski definition) is 0. The minimum Gasteiger partial charge on any atom is -0.0683 e. The van der Waals surface area contributed by atoms with Crippen LogP contribution in [0.1, 0.15) is 92.3 Å². The van der Waals surface area contributed by atoms with E-state index in [1.807, 2.05) is 55.4 Å². The maximum absolute atomic E-state index is 2.32. The summed E-state index contributed by atoms with van der Waals surface area (Å²) in [5.41, 5.74) is 4.32. The highest BCUT2D eigenvalue weighted by molar-refractivity contribution is 5.30. The van der Waals surface area contributed by atoms with Crippen LogP contribution < -0.4 is 0 Å². The fourth-order valence-electron chi connectivity index (χ4n) is 1.59. The first-order chi connectivity index (χ1) is 10.1. The maximum Gasteiger partial charge on any atom is -0.0250 e. The third-order valence-corrected chi connectivity index (χ3v) is 2.76. The van der Waals surface area contributed by atoms with Gasteiger partial charge in [-0.25, -0.2) is 0 Å². The molecular formula is C21H44. The van der Waals surface area contributed by atoms with E-state index in [0.717, 1.165) is 5.92 Å². The fourth-order valence-corrected chi connectivity index (χ4v) is 1.59. The average Bonchev–Trinajstić information content (AvgIpc) is 2.57. The lowest BCUT2D eigenvalue weighted by molar-refractivity contribution is 0.559. The molecule has 0 amide bonds. The van der Waals surface area contributed by atoms with Crippen molar-refractivity contribution in [2.75, 3.05) is 0 Å². The second-order valence-electron chi connectivity index (χ2n) is 4.15. The van der Waals surface area contributed by atoms with Crippen LogP contribution in [0.25, 0.3) is 0 Å². The van der Waals surface area contributed by atoms with Crippen LogP contribution in [0.4, 0.5) is 0 Å². The van der Waals surface area contributed by atoms with Gasteiger partial charge in [0, 0.05) is 0 Å². The van der Waals surface area contributed by atoms with Crippen LogP contribution in [-0.2, 0) is 6.42 Å². The van der Waals surface area contributed by atoms with Crippen LogP contribution in [0.3, 0.4) is 0 Å². The Hall–Kier alpha value is -0.780. The Bertz CT molecular complexity index is 273. The van der Waals surface area contributed by atoms with Crippen LogP contribution in [-0.4, -0.2) is 0 Å². The van der Waals surface area contributed by atoms with Gasteiger partial charge in [0.1, 0.15) is 0 Å². The Morgan fingerprint density at radius 1 is 0.810 bits per heavy atom. The zero-order valence-corrected chi connectivity index (χ0v) is 17.2. The second kappa shape index (κ2) is 24.3. The van der Waals surface area contributed by atoms with Crippen LogP contribution in [0.5, 0.6) is 0 Å². The van der Waals surface area contributed by atoms with E-state index >= 15 is 0 Å². The second-order valence-corrected chi connectivity index (χ2v) is 4.15. The molecular weight excluding hydrogens is 252 g/mol. The van der Waals surface area contributed by atoms with Crippen molar-refractivity contribution >= 4 is 0 Å². The van der Waals surface area contributed by atoms with E-state index in [2.05, 4.69) is 45.9 Å². The van der Waals surface area contributed by atoms with Crippen molar-refractivity contribution < 1.29 is 0 Å². The summed E-state index contributed by atoms with van der Waals surface area (Å²) in [4.78, 5) is 0. The standard InChI is InChI=1S/C13H20.4C2H6/c1-5-10(2)9-13-7-6-11(3)8-12(13)4;4*1-2/h6-8,10H,5,9H2,1-4H3;4*1-2H3/t10-;;;;/m1..../s1. The van der Waals surface area contributed by atoms with Gasteiger partial charge in [0.05, 0.1) is 0 Å². The lowest BCUT2D eigenvalue weighted by Gasteiger charge is -2.11. The van der Waals surface area contributed by atoms with Crippen molar-refractivity contribution in [1.82, 2.24) is 0 Å². The van der Waals surface area contributed by atoms with Gasteiger partial charge in [-0.3, -0.25) is 0 Å². The van der Waals surface area contributed by atoms with Crippen LogP contribution in [0.2, 0.25) is 0 Å². The topological polar surface area (TPSA) is 0 Å². The van der Waals surface area contributed by atoms with Gasteiger partial charge >= 0.3 is 0 Å². The molecule has 21 heavy (non-hydrogen) atoms. The van der Waals surface area contributed by atoms with E-state index in [1.54, 1.807) is 0 Å². The Balaban J connectivity index is -0.000000156. The minimum absolute atomic E-state index is 0.807. The quantitative estimate of drug-likeness (QED) is 0.530. The molecule has 0 fully saturated rings. The number of aryl methyl sites for hydroxylation is 2. The molecule has 0 aliphatic carbocycles. The van der Waals surface area contributed by atoms with Gasteiger partial charge in [0.2, 0.25) is 0 Å². The third-order valence-electron chi connectivity index (χ3n) is 2.76. The normalized spacial score (nSPS) is 9.14. The first-order valence-electron chi connectivity index (χ1n) is 9.19. The molecule has 1 atom stereocenters. The third kappa shape index (κ3) is 17.2. The van der Waals surface area contributed by atoms with Gasteiger partial charge in [-0.2, -0.15) is 0 Å². The number of hydrogen-bond donors (Lipinski definition) is 0.